The molecule has 1 aliphatic heterocycles. The fourth-order valence-electron chi connectivity index (χ4n) is 2.43. The highest BCUT2D eigenvalue weighted by atomic mass is 32.2. The zero-order chi connectivity index (χ0) is 19.9. The van der Waals surface area contributed by atoms with Crippen molar-refractivity contribution in [2.75, 3.05) is 11.9 Å². The number of carbonyl (C=O) groups is 2. The number of furan rings is 1. The molecule has 28 heavy (non-hydrogen) atoms. The molecule has 1 aliphatic rings. The van der Waals surface area contributed by atoms with E-state index in [1.54, 1.807) is 30.3 Å². The third-order valence-electron chi connectivity index (χ3n) is 3.69. The monoisotopic (exact) mass is 400 g/mol. The smallest absolute Gasteiger partial charge is 0.240 e. The molecule has 0 spiro atoms. The summed E-state index contributed by atoms with van der Waals surface area (Å²) in [5, 5.41) is 13.0. The lowest BCUT2D eigenvalue weighted by Gasteiger charge is -2.08. The molecule has 0 unspecified atom stereocenters. The Balaban J connectivity index is 1.51. The zero-order valence-electron chi connectivity index (χ0n) is 15.5. The van der Waals surface area contributed by atoms with Crippen LogP contribution < -0.4 is 15.4 Å². The van der Waals surface area contributed by atoms with Gasteiger partial charge >= 0.3 is 0 Å². The van der Waals surface area contributed by atoms with Crippen LogP contribution in [0.4, 0.5) is 5.69 Å². The van der Waals surface area contributed by atoms with Gasteiger partial charge in [0.1, 0.15) is 22.5 Å². The standard InChI is InChI=1S/C19H20N4O4S/c1-3-26-14-8-5-13(6-9-14)21-17(24)10-16-18(25)22-19(28-16)23-20-11-15-7-4-12(2)27-15/h4-9,11,16H,3,10H2,1-2H3,(H,21,24)(H,22,23,25)/b20-11+/t16-/m0/s1. The van der Waals surface area contributed by atoms with Crippen molar-refractivity contribution >= 4 is 40.6 Å². The summed E-state index contributed by atoms with van der Waals surface area (Å²) >= 11 is 1.17. The van der Waals surface area contributed by atoms with Crippen LogP contribution in [0.3, 0.4) is 0 Å². The van der Waals surface area contributed by atoms with Gasteiger partial charge in [-0.3, -0.25) is 9.59 Å². The average Bonchev–Trinajstić information content (AvgIpc) is 3.22. The normalized spacial score (nSPS) is 17.9. The van der Waals surface area contributed by atoms with Crippen molar-refractivity contribution in [3.63, 3.8) is 0 Å². The SMILES string of the molecule is CCOc1ccc(NC(=O)C[C@@H]2S/C(=N/N=C/c3ccc(C)o3)NC2=O)cc1. The summed E-state index contributed by atoms with van der Waals surface area (Å²) in [7, 11) is 0. The third kappa shape index (κ3) is 5.46. The van der Waals surface area contributed by atoms with Crippen LogP contribution in [0.5, 0.6) is 5.75 Å². The Morgan fingerprint density at radius 1 is 1.32 bits per heavy atom. The van der Waals surface area contributed by atoms with Gasteiger partial charge in [0, 0.05) is 12.1 Å². The maximum absolute atomic E-state index is 12.2. The van der Waals surface area contributed by atoms with Crippen LogP contribution in [-0.2, 0) is 9.59 Å². The molecule has 9 heteroatoms. The van der Waals surface area contributed by atoms with E-state index in [4.69, 9.17) is 9.15 Å². The predicted octanol–water partition coefficient (Wildman–Crippen LogP) is 2.94. The summed E-state index contributed by atoms with van der Waals surface area (Å²) in [5.41, 5.74) is 0.643. The maximum Gasteiger partial charge on any atom is 0.240 e. The van der Waals surface area contributed by atoms with Crippen molar-refractivity contribution in [2.24, 2.45) is 10.2 Å². The van der Waals surface area contributed by atoms with E-state index in [0.717, 1.165) is 11.5 Å². The minimum Gasteiger partial charge on any atom is -0.494 e. The Hall–Kier alpha value is -3.07. The van der Waals surface area contributed by atoms with Gasteiger partial charge in [-0.05, 0) is 50.2 Å². The van der Waals surface area contributed by atoms with Crippen LogP contribution in [0.15, 0.2) is 51.0 Å². The van der Waals surface area contributed by atoms with E-state index in [-0.39, 0.29) is 18.2 Å². The molecule has 0 bridgehead atoms. The van der Waals surface area contributed by atoms with E-state index < -0.39 is 5.25 Å². The van der Waals surface area contributed by atoms with Crippen molar-refractivity contribution in [2.45, 2.75) is 25.5 Å². The van der Waals surface area contributed by atoms with Crippen molar-refractivity contribution in [3.05, 3.63) is 47.9 Å². The lowest BCUT2D eigenvalue weighted by Crippen LogP contribution is -2.28. The van der Waals surface area contributed by atoms with Crippen molar-refractivity contribution < 1.29 is 18.7 Å². The molecular weight excluding hydrogens is 380 g/mol. The molecule has 2 N–H and O–H groups in total. The molecule has 0 radical (unpaired) electrons. The van der Waals surface area contributed by atoms with E-state index >= 15 is 0 Å². The van der Waals surface area contributed by atoms with Crippen molar-refractivity contribution in [3.8, 4) is 5.75 Å². The second-order valence-corrected chi connectivity index (χ2v) is 7.10. The van der Waals surface area contributed by atoms with Crippen LogP contribution in [-0.4, -0.2) is 35.1 Å². The number of carbonyl (C=O) groups excluding carboxylic acids is 2. The molecule has 3 rings (SSSR count). The quantitative estimate of drug-likeness (QED) is 0.549. The summed E-state index contributed by atoms with van der Waals surface area (Å²) in [6.07, 6.45) is 1.49. The minimum absolute atomic E-state index is 0.0316. The van der Waals surface area contributed by atoms with Crippen LogP contribution in [0, 0.1) is 6.92 Å². The molecule has 1 aromatic heterocycles. The van der Waals surface area contributed by atoms with Gasteiger partial charge in [0.25, 0.3) is 0 Å². The molecule has 2 amide bonds. The Morgan fingerprint density at radius 3 is 2.79 bits per heavy atom. The molecule has 1 atom stereocenters. The Morgan fingerprint density at radius 2 is 2.11 bits per heavy atom. The first-order valence-corrected chi connectivity index (χ1v) is 9.59. The van der Waals surface area contributed by atoms with Gasteiger partial charge in [0.15, 0.2) is 5.17 Å². The number of thioether (sulfide) groups is 1. The highest BCUT2D eigenvalue weighted by Crippen LogP contribution is 2.23. The van der Waals surface area contributed by atoms with Gasteiger partial charge in [-0.15, -0.1) is 5.10 Å². The van der Waals surface area contributed by atoms with Gasteiger partial charge in [0.05, 0.1) is 12.8 Å². The van der Waals surface area contributed by atoms with Crippen LogP contribution in [0.1, 0.15) is 24.9 Å². The Labute approximate surface area is 166 Å². The number of hydrogen-bond donors (Lipinski definition) is 2. The number of hydrogen-bond acceptors (Lipinski definition) is 7. The number of aryl methyl sites for hydroxylation is 1. The highest BCUT2D eigenvalue weighted by Gasteiger charge is 2.32. The summed E-state index contributed by atoms with van der Waals surface area (Å²) in [6.45, 7) is 4.31. The molecule has 2 heterocycles. The summed E-state index contributed by atoms with van der Waals surface area (Å²) in [5.74, 6) is 1.55. The predicted molar refractivity (Wildman–Crippen MR) is 109 cm³/mol. The molecule has 2 aromatic rings. The maximum atomic E-state index is 12.2. The number of anilines is 1. The first-order valence-electron chi connectivity index (χ1n) is 8.71. The summed E-state index contributed by atoms with van der Waals surface area (Å²) in [6, 6.07) is 10.7. The number of rotatable bonds is 7. The average molecular weight is 400 g/mol. The van der Waals surface area contributed by atoms with Gasteiger partial charge < -0.3 is 19.8 Å². The van der Waals surface area contributed by atoms with Crippen molar-refractivity contribution in [1.82, 2.24) is 5.32 Å². The number of benzene rings is 1. The number of nitrogens with zero attached hydrogens (tertiary/aromatic N) is 2. The zero-order valence-corrected chi connectivity index (χ0v) is 16.3. The van der Waals surface area contributed by atoms with Gasteiger partial charge in [0.2, 0.25) is 11.8 Å². The van der Waals surface area contributed by atoms with E-state index in [0.29, 0.717) is 23.2 Å². The largest absolute Gasteiger partial charge is 0.494 e. The van der Waals surface area contributed by atoms with E-state index in [9.17, 15) is 9.59 Å². The lowest BCUT2D eigenvalue weighted by atomic mass is 10.2. The summed E-state index contributed by atoms with van der Waals surface area (Å²) < 4.78 is 10.7. The second kappa shape index (κ2) is 9.23. The number of amides is 2. The van der Waals surface area contributed by atoms with Gasteiger partial charge in [-0.1, -0.05) is 11.8 Å². The molecule has 1 fully saturated rings. The van der Waals surface area contributed by atoms with Gasteiger partial charge in [-0.2, -0.15) is 5.10 Å². The first-order chi connectivity index (χ1) is 13.5. The number of nitrogens with one attached hydrogen (secondary N) is 2. The first kappa shape index (κ1) is 19.7. The third-order valence-corrected chi connectivity index (χ3v) is 4.76. The van der Waals surface area contributed by atoms with Crippen LogP contribution in [0.2, 0.25) is 0 Å². The summed E-state index contributed by atoms with van der Waals surface area (Å²) in [4.78, 5) is 24.3. The number of amidine groups is 1. The number of ether oxygens (including phenoxy) is 1. The minimum atomic E-state index is -0.553. The van der Waals surface area contributed by atoms with Crippen molar-refractivity contribution in [1.29, 1.82) is 0 Å². The van der Waals surface area contributed by atoms with Gasteiger partial charge in [-0.25, -0.2) is 0 Å². The second-order valence-electron chi connectivity index (χ2n) is 5.90. The fraction of sp³-hybridized carbons (Fsp3) is 0.263. The molecule has 1 saturated heterocycles. The Bertz CT molecular complexity index is 905. The fourth-order valence-corrected chi connectivity index (χ4v) is 3.35. The highest BCUT2D eigenvalue weighted by molar-refractivity contribution is 8.15. The molecule has 1 aromatic carbocycles. The molecular formula is C19H20N4O4S. The van der Waals surface area contributed by atoms with E-state index in [1.165, 1.54) is 18.0 Å². The van der Waals surface area contributed by atoms with E-state index in [1.807, 2.05) is 19.9 Å². The van der Waals surface area contributed by atoms with Crippen LogP contribution >= 0.6 is 11.8 Å². The van der Waals surface area contributed by atoms with Crippen LogP contribution in [0.25, 0.3) is 0 Å². The molecule has 0 aliphatic carbocycles. The topological polar surface area (TPSA) is 105 Å². The molecule has 146 valence electrons. The van der Waals surface area contributed by atoms with E-state index in [2.05, 4.69) is 20.8 Å². The Kier molecular flexibility index (Phi) is 6.49. The molecule has 0 saturated carbocycles. The lowest BCUT2D eigenvalue weighted by molar-refractivity contribution is -0.122. The molecule has 8 nitrogen and oxygen atoms in total.